The Labute approximate surface area is 101 Å². The summed E-state index contributed by atoms with van der Waals surface area (Å²) >= 11 is 0. The van der Waals surface area contributed by atoms with E-state index in [1.54, 1.807) is 18.2 Å². The molecular formula is C11H15NO4S. The molecule has 0 aliphatic carbocycles. The molecule has 0 spiro atoms. The van der Waals surface area contributed by atoms with Crippen LogP contribution in [-0.4, -0.2) is 25.4 Å². The molecule has 1 aromatic rings. The summed E-state index contributed by atoms with van der Waals surface area (Å²) in [6.45, 7) is 2.94. The third kappa shape index (κ3) is 4.97. The van der Waals surface area contributed by atoms with Crippen LogP contribution < -0.4 is 5.32 Å². The van der Waals surface area contributed by atoms with Crippen LogP contribution in [0.4, 0.5) is 0 Å². The number of nitrogens with one attached hydrogen (secondary N) is 1. The largest absolute Gasteiger partial charge is 0.356 e. The number of hydrogen-bond donors (Lipinski definition) is 2. The van der Waals surface area contributed by atoms with Gasteiger partial charge in [-0.05, 0) is 18.1 Å². The van der Waals surface area contributed by atoms with E-state index >= 15 is 0 Å². The molecule has 1 heterocycles. The number of carbonyl (C=O) groups is 1. The average Bonchev–Trinajstić information content (AvgIpc) is 2.63. The first kappa shape index (κ1) is 13.7. The molecule has 1 unspecified atom stereocenters. The van der Waals surface area contributed by atoms with E-state index in [1.807, 2.05) is 0 Å². The molecule has 1 aromatic carbocycles. The fourth-order valence-corrected chi connectivity index (χ4v) is 1.84. The lowest BCUT2D eigenvalue weighted by Crippen LogP contribution is -2.13. The van der Waals surface area contributed by atoms with Crippen LogP contribution in [0.15, 0.2) is 35.2 Å². The van der Waals surface area contributed by atoms with Crippen molar-refractivity contribution in [2.45, 2.75) is 18.2 Å². The van der Waals surface area contributed by atoms with Gasteiger partial charge < -0.3 is 5.32 Å². The predicted molar refractivity (Wildman–Crippen MR) is 63.0 cm³/mol. The van der Waals surface area contributed by atoms with Crippen molar-refractivity contribution in [3.63, 3.8) is 0 Å². The van der Waals surface area contributed by atoms with Gasteiger partial charge in [-0.25, -0.2) is 0 Å². The van der Waals surface area contributed by atoms with Crippen LogP contribution >= 0.6 is 0 Å². The van der Waals surface area contributed by atoms with Gasteiger partial charge in [0.05, 0.1) is 4.90 Å². The summed E-state index contributed by atoms with van der Waals surface area (Å²) in [6, 6.07) is 7.42. The van der Waals surface area contributed by atoms with Crippen molar-refractivity contribution in [1.29, 1.82) is 0 Å². The van der Waals surface area contributed by atoms with Crippen LogP contribution in [0.2, 0.25) is 0 Å². The first-order valence-corrected chi connectivity index (χ1v) is 6.63. The van der Waals surface area contributed by atoms with Crippen LogP contribution in [-0.2, 0) is 14.9 Å². The molecule has 2 N–H and O–H groups in total. The first-order chi connectivity index (χ1) is 7.89. The summed E-state index contributed by atoms with van der Waals surface area (Å²) < 4.78 is 29.2. The average molecular weight is 257 g/mol. The van der Waals surface area contributed by atoms with Crippen LogP contribution in [0, 0.1) is 5.92 Å². The normalized spacial score (nSPS) is 19.2. The van der Waals surface area contributed by atoms with Crippen molar-refractivity contribution < 1.29 is 17.8 Å². The highest BCUT2D eigenvalue weighted by Crippen LogP contribution is 2.05. The van der Waals surface area contributed by atoms with Gasteiger partial charge in [0.25, 0.3) is 10.1 Å². The molecule has 1 fully saturated rings. The van der Waals surface area contributed by atoms with E-state index in [0.29, 0.717) is 5.92 Å². The highest BCUT2D eigenvalue weighted by atomic mass is 32.2. The summed E-state index contributed by atoms with van der Waals surface area (Å²) in [5.41, 5.74) is 0. The van der Waals surface area contributed by atoms with Gasteiger partial charge in [0.1, 0.15) is 0 Å². The molecule has 6 heteroatoms. The number of carbonyl (C=O) groups excluding carboxylic acids is 1. The van der Waals surface area contributed by atoms with Crippen molar-refractivity contribution in [3.05, 3.63) is 30.3 Å². The molecule has 1 aliphatic heterocycles. The molecule has 94 valence electrons. The molecule has 0 aromatic heterocycles. The van der Waals surface area contributed by atoms with Gasteiger partial charge >= 0.3 is 0 Å². The lowest BCUT2D eigenvalue weighted by molar-refractivity contribution is -0.119. The maximum Gasteiger partial charge on any atom is 0.294 e. The van der Waals surface area contributed by atoms with Gasteiger partial charge in [0, 0.05) is 13.0 Å². The van der Waals surface area contributed by atoms with E-state index in [9.17, 15) is 13.2 Å². The Balaban J connectivity index is 0.000000181. The third-order valence-corrected chi connectivity index (χ3v) is 3.09. The van der Waals surface area contributed by atoms with Crippen LogP contribution in [0.1, 0.15) is 13.3 Å². The maximum atomic E-state index is 10.4. The minimum absolute atomic E-state index is 0.0741. The minimum Gasteiger partial charge on any atom is -0.356 e. The summed E-state index contributed by atoms with van der Waals surface area (Å²) in [4.78, 5) is 10.3. The molecule has 1 saturated heterocycles. The van der Waals surface area contributed by atoms with E-state index in [2.05, 4.69) is 12.2 Å². The van der Waals surface area contributed by atoms with Crippen molar-refractivity contribution in [1.82, 2.24) is 5.32 Å². The van der Waals surface area contributed by atoms with E-state index in [0.717, 1.165) is 13.0 Å². The smallest absolute Gasteiger partial charge is 0.294 e. The Kier molecular flexibility index (Phi) is 4.65. The number of benzene rings is 1. The number of rotatable bonds is 1. The molecule has 1 amide bonds. The zero-order valence-corrected chi connectivity index (χ0v) is 10.3. The molecule has 0 saturated carbocycles. The van der Waals surface area contributed by atoms with Crippen LogP contribution in [0.3, 0.4) is 0 Å². The fraction of sp³-hybridized carbons (Fsp3) is 0.364. The van der Waals surface area contributed by atoms with Crippen molar-refractivity contribution in [3.8, 4) is 0 Å². The van der Waals surface area contributed by atoms with Crippen LogP contribution in [0.5, 0.6) is 0 Å². The Morgan fingerprint density at radius 2 is 1.88 bits per heavy atom. The maximum absolute atomic E-state index is 10.4. The van der Waals surface area contributed by atoms with Crippen molar-refractivity contribution in [2.24, 2.45) is 5.92 Å². The van der Waals surface area contributed by atoms with Gasteiger partial charge in [-0.3, -0.25) is 9.35 Å². The fourth-order valence-electron chi connectivity index (χ4n) is 1.34. The van der Waals surface area contributed by atoms with E-state index in [1.165, 1.54) is 12.1 Å². The van der Waals surface area contributed by atoms with Crippen molar-refractivity contribution in [2.75, 3.05) is 6.54 Å². The molecule has 0 radical (unpaired) electrons. The lowest BCUT2D eigenvalue weighted by atomic mass is 10.2. The second-order valence-corrected chi connectivity index (χ2v) is 5.32. The highest BCUT2D eigenvalue weighted by molar-refractivity contribution is 7.85. The summed E-state index contributed by atoms with van der Waals surface area (Å²) in [7, 11) is -4.00. The highest BCUT2D eigenvalue weighted by Gasteiger charge is 2.15. The SMILES string of the molecule is CC1CNC(=O)C1.O=S(=O)(O)c1ccccc1. The quantitative estimate of drug-likeness (QED) is 0.737. The second kappa shape index (κ2) is 5.79. The predicted octanol–water partition coefficient (Wildman–Crippen LogP) is 1.08. The van der Waals surface area contributed by atoms with Gasteiger partial charge in [0.15, 0.2) is 0 Å². The molecule has 0 bridgehead atoms. The Bertz CT molecular complexity index is 470. The molecule has 1 atom stereocenters. The Hall–Kier alpha value is -1.40. The summed E-state index contributed by atoms with van der Waals surface area (Å²) in [5, 5.41) is 2.73. The molecule has 17 heavy (non-hydrogen) atoms. The Morgan fingerprint density at radius 1 is 1.29 bits per heavy atom. The first-order valence-electron chi connectivity index (χ1n) is 5.19. The Morgan fingerprint density at radius 3 is 2.12 bits per heavy atom. The summed E-state index contributed by atoms with van der Waals surface area (Å²) in [6.07, 6.45) is 0.722. The topological polar surface area (TPSA) is 83.5 Å². The van der Waals surface area contributed by atoms with E-state index in [-0.39, 0.29) is 10.8 Å². The number of amides is 1. The van der Waals surface area contributed by atoms with E-state index < -0.39 is 10.1 Å². The minimum atomic E-state index is -4.00. The van der Waals surface area contributed by atoms with Gasteiger partial charge in [0.2, 0.25) is 5.91 Å². The second-order valence-electron chi connectivity index (χ2n) is 3.90. The zero-order valence-electron chi connectivity index (χ0n) is 9.46. The summed E-state index contributed by atoms with van der Waals surface area (Å²) in [5.74, 6) is 0.764. The third-order valence-electron chi connectivity index (χ3n) is 2.22. The van der Waals surface area contributed by atoms with Gasteiger partial charge in [-0.1, -0.05) is 25.1 Å². The van der Waals surface area contributed by atoms with Gasteiger partial charge in [-0.15, -0.1) is 0 Å². The van der Waals surface area contributed by atoms with Gasteiger partial charge in [-0.2, -0.15) is 8.42 Å². The molecule has 1 aliphatic rings. The van der Waals surface area contributed by atoms with Crippen molar-refractivity contribution >= 4 is 16.0 Å². The molecule has 5 nitrogen and oxygen atoms in total. The monoisotopic (exact) mass is 257 g/mol. The molecule has 2 rings (SSSR count). The number of hydrogen-bond acceptors (Lipinski definition) is 3. The molecular weight excluding hydrogens is 242 g/mol. The van der Waals surface area contributed by atoms with E-state index in [4.69, 9.17) is 4.55 Å². The standard InChI is InChI=1S/C6H6O3S.C5H9NO/c7-10(8,9)6-4-2-1-3-5-6;1-4-2-5(7)6-3-4/h1-5H,(H,7,8,9);4H,2-3H2,1H3,(H,6,7). The zero-order chi connectivity index (χ0) is 12.9. The lowest BCUT2D eigenvalue weighted by Gasteiger charge is -1.92. The van der Waals surface area contributed by atoms with Crippen LogP contribution in [0.25, 0.3) is 0 Å².